The van der Waals surface area contributed by atoms with E-state index in [-0.39, 0.29) is 6.54 Å². The first-order valence-corrected chi connectivity index (χ1v) is 5.01. The molecule has 0 aliphatic carbocycles. The number of likely N-dealkylation sites (N-methyl/N-ethyl adjacent to an activating group) is 1. The van der Waals surface area contributed by atoms with Crippen molar-refractivity contribution in [3.8, 4) is 0 Å². The summed E-state index contributed by atoms with van der Waals surface area (Å²) in [4.78, 5) is 12.2. The van der Waals surface area contributed by atoms with Crippen LogP contribution in [-0.2, 0) is 11.3 Å². The summed E-state index contributed by atoms with van der Waals surface area (Å²) in [7, 11) is 1.66. The monoisotopic (exact) mass is 244 g/mol. The molecule has 0 heterocycles. The minimum absolute atomic E-state index is 0.133. The molecule has 0 saturated heterocycles. The Balaban J connectivity index is 2.58. The number of nitrogens with two attached hydrogens (primary N) is 1. The molecule has 94 valence electrons. The lowest BCUT2D eigenvalue weighted by Crippen LogP contribution is -2.40. The number of hydrogen-bond donors (Lipinski definition) is 2. The van der Waals surface area contributed by atoms with Crippen molar-refractivity contribution in [3.63, 3.8) is 0 Å². The molecule has 1 aromatic carbocycles. The van der Waals surface area contributed by atoms with Gasteiger partial charge in [-0.25, -0.2) is 8.78 Å². The van der Waals surface area contributed by atoms with Gasteiger partial charge >= 0.3 is 5.97 Å². The Hall–Kier alpha value is -1.53. The molecule has 1 rings (SSSR count). The predicted molar refractivity (Wildman–Crippen MR) is 58.3 cm³/mol. The first kappa shape index (κ1) is 13.5. The van der Waals surface area contributed by atoms with Crippen molar-refractivity contribution in [1.29, 1.82) is 0 Å². The van der Waals surface area contributed by atoms with Crippen molar-refractivity contribution in [2.75, 3.05) is 13.6 Å². The fraction of sp³-hybridized carbons (Fsp3) is 0.364. The molecular formula is C11H14F2N2O2. The van der Waals surface area contributed by atoms with E-state index in [4.69, 9.17) is 10.8 Å². The number of carbonyl (C=O) groups is 1. The molecule has 0 bridgehead atoms. The second-order valence-corrected chi connectivity index (χ2v) is 3.89. The van der Waals surface area contributed by atoms with Crippen LogP contribution in [0.4, 0.5) is 8.78 Å². The topological polar surface area (TPSA) is 66.6 Å². The number of aliphatic carboxylic acids is 1. The molecular weight excluding hydrogens is 230 g/mol. The Kier molecular flexibility index (Phi) is 4.53. The highest BCUT2D eigenvalue weighted by atomic mass is 19.2. The average Bonchev–Trinajstić information content (AvgIpc) is 2.23. The third kappa shape index (κ3) is 4.08. The van der Waals surface area contributed by atoms with E-state index >= 15 is 0 Å². The summed E-state index contributed by atoms with van der Waals surface area (Å²) < 4.78 is 25.6. The quantitative estimate of drug-likeness (QED) is 0.804. The molecule has 0 fully saturated rings. The van der Waals surface area contributed by atoms with Gasteiger partial charge in [-0.2, -0.15) is 0 Å². The van der Waals surface area contributed by atoms with Crippen molar-refractivity contribution >= 4 is 5.97 Å². The molecule has 4 nitrogen and oxygen atoms in total. The Bertz CT molecular complexity index is 412. The lowest BCUT2D eigenvalue weighted by Gasteiger charge is -2.18. The lowest BCUT2D eigenvalue weighted by atomic mass is 10.2. The Morgan fingerprint density at radius 1 is 1.47 bits per heavy atom. The van der Waals surface area contributed by atoms with E-state index in [1.54, 1.807) is 11.9 Å². The highest BCUT2D eigenvalue weighted by Crippen LogP contribution is 2.10. The van der Waals surface area contributed by atoms with Crippen LogP contribution in [0.3, 0.4) is 0 Å². The number of carboxylic acid groups (broad SMARTS) is 1. The molecule has 1 atom stereocenters. The number of nitrogens with zero attached hydrogens (tertiary/aromatic N) is 1. The molecule has 3 N–H and O–H groups in total. The number of benzene rings is 1. The van der Waals surface area contributed by atoms with E-state index in [2.05, 4.69) is 0 Å². The second-order valence-electron chi connectivity index (χ2n) is 3.89. The average molecular weight is 244 g/mol. The van der Waals surface area contributed by atoms with Gasteiger partial charge < -0.3 is 10.8 Å². The van der Waals surface area contributed by atoms with E-state index in [9.17, 15) is 13.6 Å². The molecule has 0 aliphatic heterocycles. The van der Waals surface area contributed by atoms with Gasteiger partial charge in [0.05, 0.1) is 0 Å². The summed E-state index contributed by atoms with van der Waals surface area (Å²) in [5, 5.41) is 8.62. The van der Waals surface area contributed by atoms with Gasteiger partial charge in [0, 0.05) is 13.1 Å². The Morgan fingerprint density at radius 2 is 2.12 bits per heavy atom. The number of rotatable bonds is 5. The highest BCUT2D eigenvalue weighted by molar-refractivity contribution is 5.73. The normalized spacial score (nSPS) is 12.8. The minimum atomic E-state index is -1.10. The lowest BCUT2D eigenvalue weighted by molar-refractivity contribution is -0.138. The van der Waals surface area contributed by atoms with Gasteiger partial charge in [0.25, 0.3) is 0 Å². The summed E-state index contributed by atoms with van der Waals surface area (Å²) in [5.74, 6) is -2.92. The summed E-state index contributed by atoms with van der Waals surface area (Å²) in [6.07, 6.45) is 0. The third-order valence-corrected chi connectivity index (χ3v) is 2.26. The molecule has 17 heavy (non-hydrogen) atoms. The SMILES string of the molecule is CN(Cc1ccc(F)c(F)c1)CC(N)C(=O)O. The van der Waals surface area contributed by atoms with Crippen LogP contribution >= 0.6 is 0 Å². The summed E-state index contributed by atoms with van der Waals surface area (Å²) >= 11 is 0. The molecule has 1 aromatic rings. The molecule has 0 radical (unpaired) electrons. The molecule has 0 aliphatic rings. The van der Waals surface area contributed by atoms with Crippen LogP contribution in [-0.4, -0.2) is 35.6 Å². The van der Waals surface area contributed by atoms with Crippen molar-refractivity contribution in [2.45, 2.75) is 12.6 Å². The maximum absolute atomic E-state index is 12.9. The van der Waals surface area contributed by atoms with Gasteiger partial charge in [0.1, 0.15) is 6.04 Å². The fourth-order valence-corrected chi connectivity index (χ4v) is 1.43. The van der Waals surface area contributed by atoms with Gasteiger partial charge in [0.2, 0.25) is 0 Å². The Labute approximate surface area is 97.6 Å². The summed E-state index contributed by atoms with van der Waals surface area (Å²) in [6.45, 7) is 0.437. The van der Waals surface area contributed by atoms with Crippen LogP contribution in [0.1, 0.15) is 5.56 Å². The molecule has 0 aromatic heterocycles. The second kappa shape index (κ2) is 5.70. The zero-order valence-corrected chi connectivity index (χ0v) is 9.36. The number of carboxylic acids is 1. The maximum atomic E-state index is 12.9. The van der Waals surface area contributed by atoms with E-state index in [0.29, 0.717) is 12.1 Å². The van der Waals surface area contributed by atoms with E-state index in [1.165, 1.54) is 6.07 Å². The van der Waals surface area contributed by atoms with Gasteiger partial charge in [-0.15, -0.1) is 0 Å². The van der Waals surface area contributed by atoms with Crippen molar-refractivity contribution in [1.82, 2.24) is 4.90 Å². The van der Waals surface area contributed by atoms with Crippen LogP contribution in [0.5, 0.6) is 0 Å². The van der Waals surface area contributed by atoms with Crippen LogP contribution in [0, 0.1) is 11.6 Å². The van der Waals surface area contributed by atoms with Crippen molar-refractivity contribution < 1.29 is 18.7 Å². The van der Waals surface area contributed by atoms with Gasteiger partial charge in [-0.3, -0.25) is 9.69 Å². The molecule has 0 amide bonds. The van der Waals surface area contributed by atoms with E-state index in [0.717, 1.165) is 12.1 Å². The smallest absolute Gasteiger partial charge is 0.321 e. The third-order valence-electron chi connectivity index (χ3n) is 2.26. The van der Waals surface area contributed by atoms with Crippen LogP contribution < -0.4 is 5.73 Å². The standard InChI is InChI=1S/C11H14F2N2O2/c1-15(6-10(14)11(16)17)5-7-2-3-8(12)9(13)4-7/h2-4,10H,5-6,14H2,1H3,(H,16,17). The van der Waals surface area contributed by atoms with Crippen LogP contribution in [0.25, 0.3) is 0 Å². The largest absolute Gasteiger partial charge is 0.480 e. The number of hydrogen-bond acceptors (Lipinski definition) is 3. The van der Waals surface area contributed by atoms with Crippen molar-refractivity contribution in [3.05, 3.63) is 35.4 Å². The highest BCUT2D eigenvalue weighted by Gasteiger charge is 2.14. The summed E-state index contributed by atoms with van der Waals surface area (Å²) in [5.41, 5.74) is 5.91. The van der Waals surface area contributed by atoms with Gasteiger partial charge in [0.15, 0.2) is 11.6 Å². The summed E-state index contributed by atoms with van der Waals surface area (Å²) in [6, 6.07) is 2.57. The van der Waals surface area contributed by atoms with E-state index < -0.39 is 23.6 Å². The van der Waals surface area contributed by atoms with Gasteiger partial charge in [-0.1, -0.05) is 6.07 Å². The van der Waals surface area contributed by atoms with Crippen molar-refractivity contribution in [2.24, 2.45) is 5.73 Å². The first-order chi connectivity index (χ1) is 7.90. The number of halogens is 2. The molecule has 0 saturated carbocycles. The first-order valence-electron chi connectivity index (χ1n) is 5.01. The fourth-order valence-electron chi connectivity index (χ4n) is 1.43. The zero-order chi connectivity index (χ0) is 13.0. The zero-order valence-electron chi connectivity index (χ0n) is 9.36. The predicted octanol–water partition coefficient (Wildman–Crippen LogP) is 0.809. The van der Waals surface area contributed by atoms with Crippen LogP contribution in [0.15, 0.2) is 18.2 Å². The van der Waals surface area contributed by atoms with E-state index in [1.807, 2.05) is 0 Å². The maximum Gasteiger partial charge on any atom is 0.321 e. The van der Waals surface area contributed by atoms with Crippen LogP contribution in [0.2, 0.25) is 0 Å². The Morgan fingerprint density at radius 3 is 2.65 bits per heavy atom. The minimum Gasteiger partial charge on any atom is -0.480 e. The molecule has 6 heteroatoms. The molecule has 0 spiro atoms. The van der Waals surface area contributed by atoms with Gasteiger partial charge in [-0.05, 0) is 24.7 Å². The molecule has 1 unspecified atom stereocenters.